The summed E-state index contributed by atoms with van der Waals surface area (Å²) in [6.45, 7) is 2.26. The van der Waals surface area contributed by atoms with Gasteiger partial charge in [0.25, 0.3) is 0 Å². The van der Waals surface area contributed by atoms with Crippen LogP contribution in [0.25, 0.3) is 5.57 Å². The van der Waals surface area contributed by atoms with Gasteiger partial charge in [0.2, 0.25) is 0 Å². The SMILES string of the molecule is C[CH]=[Zr+2].OCCC1=CC([c-]2cccc2)c2ccccc21.[Cl-].[Cl-]. The Hall–Kier alpha value is -0.397. The minimum Gasteiger partial charge on any atom is -1.00 e. The molecule has 116 valence electrons. The summed E-state index contributed by atoms with van der Waals surface area (Å²) in [5.41, 5.74) is 5.27. The van der Waals surface area contributed by atoms with E-state index in [1.165, 1.54) is 46.5 Å². The minimum atomic E-state index is 0. The summed E-state index contributed by atoms with van der Waals surface area (Å²) < 4.78 is 2.09. The van der Waals surface area contributed by atoms with Crippen LogP contribution in [0.1, 0.15) is 36.0 Å². The first-order valence-electron chi connectivity index (χ1n) is 6.89. The van der Waals surface area contributed by atoms with Crippen molar-refractivity contribution in [2.45, 2.75) is 19.3 Å². The van der Waals surface area contributed by atoms with Crippen LogP contribution < -0.4 is 24.8 Å². The van der Waals surface area contributed by atoms with Gasteiger partial charge in [0.05, 0.1) is 0 Å². The van der Waals surface area contributed by atoms with Crippen molar-refractivity contribution in [3.63, 3.8) is 0 Å². The summed E-state index contributed by atoms with van der Waals surface area (Å²) in [6.07, 6.45) is 3.03. The zero-order chi connectivity index (χ0) is 14.4. The second-order valence-corrected chi connectivity index (χ2v) is 6.16. The number of rotatable bonds is 3. The zero-order valence-electron chi connectivity index (χ0n) is 12.5. The number of benzene rings is 1. The molecule has 0 fully saturated rings. The number of halogens is 2. The van der Waals surface area contributed by atoms with Gasteiger partial charge >= 0.3 is 34.9 Å². The molecule has 1 atom stereocenters. The molecular formula is C18H19Cl2OZr-. The van der Waals surface area contributed by atoms with Gasteiger partial charge in [-0.25, -0.2) is 12.1 Å². The molecule has 22 heavy (non-hydrogen) atoms. The molecule has 0 saturated carbocycles. The van der Waals surface area contributed by atoms with Gasteiger partial charge in [0.1, 0.15) is 0 Å². The van der Waals surface area contributed by atoms with Gasteiger partial charge in [-0.1, -0.05) is 30.3 Å². The van der Waals surface area contributed by atoms with Crippen LogP contribution in [0.5, 0.6) is 0 Å². The van der Waals surface area contributed by atoms with Gasteiger partial charge in [0.15, 0.2) is 0 Å². The summed E-state index contributed by atoms with van der Waals surface area (Å²) in [7, 11) is 0. The Kier molecular flexibility index (Phi) is 11.0. The first-order valence-corrected chi connectivity index (χ1v) is 8.31. The molecule has 0 saturated heterocycles. The van der Waals surface area contributed by atoms with Gasteiger partial charge in [-0.05, 0) is 29.0 Å². The monoisotopic (exact) mass is 411 g/mol. The van der Waals surface area contributed by atoms with Crippen LogP contribution in [0, 0.1) is 0 Å². The van der Waals surface area contributed by atoms with E-state index in [1.54, 1.807) is 0 Å². The molecule has 3 rings (SSSR count). The van der Waals surface area contributed by atoms with Crippen LogP contribution in [0.2, 0.25) is 0 Å². The molecule has 0 spiro atoms. The van der Waals surface area contributed by atoms with E-state index >= 15 is 0 Å². The molecule has 1 nitrogen and oxygen atoms in total. The molecule has 0 aliphatic heterocycles. The third-order valence-electron chi connectivity index (χ3n) is 3.44. The maximum atomic E-state index is 9.13. The van der Waals surface area contributed by atoms with Crippen molar-refractivity contribution < 1.29 is 54.2 Å². The maximum Gasteiger partial charge on any atom is 0.0471 e. The van der Waals surface area contributed by atoms with Crippen molar-refractivity contribution in [2.24, 2.45) is 0 Å². The van der Waals surface area contributed by atoms with E-state index in [2.05, 4.69) is 58.3 Å². The summed E-state index contributed by atoms with van der Waals surface area (Å²) in [4.78, 5) is 0. The summed E-state index contributed by atoms with van der Waals surface area (Å²) in [6, 6.07) is 17.0. The van der Waals surface area contributed by atoms with E-state index in [9.17, 15) is 0 Å². The first kappa shape index (κ1) is 21.6. The van der Waals surface area contributed by atoms with E-state index in [0.717, 1.165) is 6.42 Å². The molecule has 1 aliphatic carbocycles. The Labute approximate surface area is 160 Å². The van der Waals surface area contributed by atoms with Gasteiger partial charge in [-0.3, -0.25) is 0 Å². The fourth-order valence-corrected chi connectivity index (χ4v) is 2.65. The van der Waals surface area contributed by atoms with Crippen LogP contribution in [0.3, 0.4) is 0 Å². The molecule has 0 aromatic heterocycles. The van der Waals surface area contributed by atoms with E-state index in [4.69, 9.17) is 5.11 Å². The normalized spacial score (nSPS) is 14.5. The molecule has 1 aliphatic rings. The van der Waals surface area contributed by atoms with Crippen LogP contribution in [0.4, 0.5) is 0 Å². The predicted molar refractivity (Wildman–Crippen MR) is 81.7 cm³/mol. The average molecular weight is 413 g/mol. The second kappa shape index (κ2) is 11.2. The molecule has 2 aromatic carbocycles. The van der Waals surface area contributed by atoms with Crippen molar-refractivity contribution in [1.29, 1.82) is 0 Å². The van der Waals surface area contributed by atoms with Crippen molar-refractivity contribution in [3.05, 3.63) is 71.3 Å². The molecule has 1 N–H and O–H groups in total. The topological polar surface area (TPSA) is 20.2 Å². The number of aliphatic hydroxyl groups excluding tert-OH is 1. The minimum absolute atomic E-state index is 0. The Morgan fingerprint density at radius 1 is 1.14 bits per heavy atom. The average Bonchev–Trinajstić information content (AvgIpc) is 3.08. The van der Waals surface area contributed by atoms with Crippen molar-refractivity contribution in [2.75, 3.05) is 6.61 Å². The quantitative estimate of drug-likeness (QED) is 0.561. The van der Waals surface area contributed by atoms with Crippen LogP contribution in [-0.4, -0.2) is 15.4 Å². The van der Waals surface area contributed by atoms with E-state index in [-0.39, 0.29) is 31.4 Å². The Balaban J connectivity index is 0.000000820. The molecule has 4 heteroatoms. The van der Waals surface area contributed by atoms with E-state index in [1.807, 2.05) is 6.92 Å². The van der Waals surface area contributed by atoms with Crippen molar-refractivity contribution >= 4 is 9.28 Å². The van der Waals surface area contributed by atoms with Crippen molar-refractivity contribution in [1.82, 2.24) is 0 Å². The number of aliphatic hydroxyl groups is 1. The van der Waals surface area contributed by atoms with Gasteiger partial charge in [-0.15, -0.1) is 5.56 Å². The number of allylic oxidation sites excluding steroid dienone is 1. The van der Waals surface area contributed by atoms with E-state index in [0.29, 0.717) is 5.92 Å². The van der Waals surface area contributed by atoms with Crippen molar-refractivity contribution in [3.8, 4) is 0 Å². The molecule has 0 bridgehead atoms. The smallest absolute Gasteiger partial charge is 0.0471 e. The second-order valence-electron chi connectivity index (χ2n) is 4.74. The zero-order valence-corrected chi connectivity index (χ0v) is 16.4. The fourth-order valence-electron chi connectivity index (χ4n) is 2.65. The Morgan fingerprint density at radius 3 is 2.32 bits per heavy atom. The maximum absolute atomic E-state index is 9.13. The van der Waals surface area contributed by atoms with Crippen LogP contribution in [-0.2, 0) is 24.2 Å². The summed E-state index contributed by atoms with van der Waals surface area (Å²) in [5.74, 6) is 0.364. The third-order valence-corrected chi connectivity index (χ3v) is 3.44. The number of fused-ring (bicyclic) bond motifs is 1. The van der Waals surface area contributed by atoms with E-state index < -0.39 is 0 Å². The van der Waals surface area contributed by atoms with Crippen LogP contribution >= 0.6 is 0 Å². The molecule has 2 aromatic rings. The van der Waals surface area contributed by atoms with Gasteiger partial charge < -0.3 is 29.9 Å². The Morgan fingerprint density at radius 2 is 1.73 bits per heavy atom. The third kappa shape index (κ3) is 5.06. The standard InChI is InChI=1S/C16H15O.C2H4.2ClH.Zr/c17-10-9-13-11-16(12-5-1-2-6-12)15-8-4-3-7-14(13)15;1-2;;;/h1-8,11,16-17H,9-10H2;1H,2H3;2*1H;/q-1;;;;+2/p-2. The fraction of sp³-hybridized carbons (Fsp3) is 0.222. The molecule has 0 heterocycles. The molecule has 0 radical (unpaired) electrons. The summed E-state index contributed by atoms with van der Waals surface area (Å²) >= 11 is 1.51. The number of hydrogen-bond acceptors (Lipinski definition) is 1. The van der Waals surface area contributed by atoms with Gasteiger partial charge in [-0.2, -0.15) is 12.1 Å². The van der Waals surface area contributed by atoms with Crippen LogP contribution in [0.15, 0.2) is 54.6 Å². The molecular weight excluding hydrogens is 394 g/mol. The van der Waals surface area contributed by atoms with Gasteiger partial charge in [0, 0.05) is 6.61 Å². The summed E-state index contributed by atoms with van der Waals surface area (Å²) in [5, 5.41) is 9.13. The Bertz CT molecular complexity index is 591. The predicted octanol–water partition coefficient (Wildman–Crippen LogP) is -2.32. The first-order chi connectivity index (χ1) is 9.81. The largest absolute Gasteiger partial charge is 1.00 e. The molecule has 0 amide bonds. The number of hydrogen-bond donors (Lipinski definition) is 1. The molecule has 1 unspecified atom stereocenters.